The number of halogens is 1. The minimum Gasteiger partial charge on any atom is -0.491 e. The number of aliphatic hydroxyl groups excluding tert-OH is 3. The SMILES string of the molecule is OC[C@@H](O)COc1ccc(/C=C/c2ccc(OC[C@H](O)CCl)cc2)cc1. The third-order valence-electron chi connectivity index (χ3n) is 3.50. The normalized spacial score (nSPS) is 13.5. The third kappa shape index (κ3) is 7.06. The molecule has 0 unspecified atom stereocenters. The maximum absolute atomic E-state index is 9.38. The minimum absolute atomic E-state index is 0.0576. The van der Waals surface area contributed by atoms with Crippen molar-refractivity contribution in [1.82, 2.24) is 0 Å². The molecule has 140 valence electrons. The van der Waals surface area contributed by atoms with Crippen molar-refractivity contribution in [3.05, 3.63) is 59.7 Å². The molecule has 0 aliphatic carbocycles. The molecule has 0 aliphatic rings. The molecule has 0 bridgehead atoms. The lowest BCUT2D eigenvalue weighted by molar-refractivity contribution is 0.0536. The molecular formula is C20H23ClO5. The van der Waals surface area contributed by atoms with Crippen LogP contribution in [0, 0.1) is 0 Å². The number of hydrogen-bond donors (Lipinski definition) is 3. The molecule has 2 aromatic carbocycles. The van der Waals surface area contributed by atoms with Crippen LogP contribution >= 0.6 is 11.6 Å². The van der Waals surface area contributed by atoms with Crippen molar-refractivity contribution in [1.29, 1.82) is 0 Å². The summed E-state index contributed by atoms with van der Waals surface area (Å²) in [5.74, 6) is 1.46. The smallest absolute Gasteiger partial charge is 0.119 e. The van der Waals surface area contributed by atoms with Crippen LogP contribution in [0.1, 0.15) is 11.1 Å². The number of benzene rings is 2. The summed E-state index contributed by atoms with van der Waals surface area (Å²) >= 11 is 5.52. The first-order chi connectivity index (χ1) is 12.6. The largest absolute Gasteiger partial charge is 0.491 e. The summed E-state index contributed by atoms with van der Waals surface area (Å²) in [6.07, 6.45) is 2.40. The molecule has 2 atom stereocenters. The highest BCUT2D eigenvalue weighted by Gasteiger charge is 2.03. The minimum atomic E-state index is -0.875. The van der Waals surface area contributed by atoms with E-state index in [0.29, 0.717) is 11.5 Å². The Morgan fingerprint density at radius 1 is 0.769 bits per heavy atom. The number of rotatable bonds is 10. The van der Waals surface area contributed by atoms with Crippen LogP contribution in [0.5, 0.6) is 11.5 Å². The van der Waals surface area contributed by atoms with Crippen LogP contribution < -0.4 is 9.47 Å². The lowest BCUT2D eigenvalue weighted by Crippen LogP contribution is -2.21. The maximum atomic E-state index is 9.38. The summed E-state index contributed by atoms with van der Waals surface area (Å²) in [7, 11) is 0. The number of aliphatic hydroxyl groups is 3. The lowest BCUT2D eigenvalue weighted by atomic mass is 10.1. The van der Waals surface area contributed by atoms with E-state index in [1.165, 1.54) is 0 Å². The Morgan fingerprint density at radius 2 is 1.19 bits per heavy atom. The first-order valence-corrected chi connectivity index (χ1v) is 8.81. The average Bonchev–Trinajstić information content (AvgIpc) is 2.70. The topological polar surface area (TPSA) is 79.2 Å². The predicted molar refractivity (Wildman–Crippen MR) is 103 cm³/mol. The Balaban J connectivity index is 1.86. The van der Waals surface area contributed by atoms with Gasteiger partial charge in [-0.2, -0.15) is 0 Å². The van der Waals surface area contributed by atoms with Crippen molar-refractivity contribution in [3.63, 3.8) is 0 Å². The molecule has 0 heterocycles. The van der Waals surface area contributed by atoms with E-state index in [1.54, 1.807) is 0 Å². The van der Waals surface area contributed by atoms with Gasteiger partial charge in [0.25, 0.3) is 0 Å². The second-order valence-corrected chi connectivity index (χ2v) is 6.05. The summed E-state index contributed by atoms with van der Waals surface area (Å²) in [5, 5.41) is 27.4. The van der Waals surface area contributed by atoms with Crippen molar-refractivity contribution < 1.29 is 24.8 Å². The van der Waals surface area contributed by atoms with Gasteiger partial charge in [-0.25, -0.2) is 0 Å². The van der Waals surface area contributed by atoms with Crippen LogP contribution in [0.15, 0.2) is 48.5 Å². The Hall–Kier alpha value is -2.05. The van der Waals surface area contributed by atoms with Gasteiger partial charge in [0, 0.05) is 0 Å². The average molecular weight is 379 g/mol. The van der Waals surface area contributed by atoms with E-state index in [-0.39, 0.29) is 25.7 Å². The van der Waals surface area contributed by atoms with Crippen LogP contribution in [-0.2, 0) is 0 Å². The van der Waals surface area contributed by atoms with Gasteiger partial charge in [0.05, 0.1) is 12.5 Å². The summed E-state index contributed by atoms with van der Waals surface area (Å²) in [6, 6.07) is 14.9. The van der Waals surface area contributed by atoms with Gasteiger partial charge in [0.1, 0.15) is 36.9 Å². The van der Waals surface area contributed by atoms with Crippen molar-refractivity contribution in [2.75, 3.05) is 25.7 Å². The molecule has 0 saturated heterocycles. The molecule has 0 amide bonds. The molecule has 2 aromatic rings. The Kier molecular flexibility index (Phi) is 8.44. The summed E-state index contributed by atoms with van der Waals surface area (Å²) in [4.78, 5) is 0. The van der Waals surface area contributed by atoms with Crippen molar-refractivity contribution in [2.45, 2.75) is 12.2 Å². The summed E-state index contributed by atoms with van der Waals surface area (Å²) in [5.41, 5.74) is 2.02. The second kappa shape index (κ2) is 10.8. The van der Waals surface area contributed by atoms with E-state index in [9.17, 15) is 10.2 Å². The zero-order valence-corrected chi connectivity index (χ0v) is 15.0. The molecule has 3 N–H and O–H groups in total. The van der Waals surface area contributed by atoms with Crippen molar-refractivity contribution >= 4 is 23.8 Å². The van der Waals surface area contributed by atoms with Crippen LogP contribution in [0.25, 0.3) is 12.2 Å². The summed E-state index contributed by atoms with van der Waals surface area (Å²) < 4.78 is 10.8. The van der Waals surface area contributed by atoms with Crippen molar-refractivity contribution in [2.24, 2.45) is 0 Å². The van der Waals surface area contributed by atoms with E-state index in [1.807, 2.05) is 60.7 Å². The highest BCUT2D eigenvalue weighted by Crippen LogP contribution is 2.17. The molecule has 0 fully saturated rings. The highest BCUT2D eigenvalue weighted by molar-refractivity contribution is 6.18. The second-order valence-electron chi connectivity index (χ2n) is 5.74. The van der Waals surface area contributed by atoms with Crippen LogP contribution in [0.4, 0.5) is 0 Å². The third-order valence-corrected chi connectivity index (χ3v) is 3.86. The highest BCUT2D eigenvalue weighted by atomic mass is 35.5. The predicted octanol–water partition coefficient (Wildman–Crippen LogP) is 2.57. The molecule has 0 aromatic heterocycles. The Labute approximate surface area is 158 Å². The summed E-state index contributed by atoms with van der Waals surface area (Å²) in [6.45, 7) is -0.0948. The van der Waals surface area contributed by atoms with Crippen molar-refractivity contribution in [3.8, 4) is 11.5 Å². The molecule has 2 rings (SSSR count). The van der Waals surface area contributed by atoms with E-state index in [2.05, 4.69) is 0 Å². The Morgan fingerprint density at radius 3 is 1.58 bits per heavy atom. The van der Waals surface area contributed by atoms with E-state index in [4.69, 9.17) is 26.2 Å². The zero-order chi connectivity index (χ0) is 18.8. The van der Waals surface area contributed by atoms with Gasteiger partial charge in [0.15, 0.2) is 0 Å². The zero-order valence-electron chi connectivity index (χ0n) is 14.3. The van der Waals surface area contributed by atoms with Gasteiger partial charge in [-0.15, -0.1) is 11.6 Å². The van der Waals surface area contributed by atoms with E-state index < -0.39 is 12.2 Å². The van der Waals surface area contributed by atoms with Crippen LogP contribution in [-0.4, -0.2) is 53.2 Å². The van der Waals surface area contributed by atoms with E-state index >= 15 is 0 Å². The quantitative estimate of drug-likeness (QED) is 0.437. The fraction of sp³-hybridized carbons (Fsp3) is 0.300. The standard InChI is InChI=1S/C20H23ClO5/c21-11-17(23)13-25-19-7-3-15(4-8-19)1-2-16-5-9-20(10-6-16)26-14-18(24)12-22/h1-10,17-18,22-24H,11-14H2/b2-1+/t17-,18-/m1/s1. The molecular weight excluding hydrogens is 356 g/mol. The lowest BCUT2D eigenvalue weighted by Gasteiger charge is -2.10. The monoisotopic (exact) mass is 378 g/mol. The molecule has 0 saturated carbocycles. The fourth-order valence-electron chi connectivity index (χ4n) is 2.02. The maximum Gasteiger partial charge on any atom is 0.119 e. The van der Waals surface area contributed by atoms with E-state index in [0.717, 1.165) is 11.1 Å². The van der Waals surface area contributed by atoms with Gasteiger partial charge < -0.3 is 24.8 Å². The van der Waals surface area contributed by atoms with Gasteiger partial charge in [-0.3, -0.25) is 0 Å². The van der Waals surface area contributed by atoms with Gasteiger partial charge >= 0.3 is 0 Å². The molecule has 6 heteroatoms. The molecule has 5 nitrogen and oxygen atoms in total. The number of hydrogen-bond acceptors (Lipinski definition) is 5. The molecule has 26 heavy (non-hydrogen) atoms. The molecule has 0 spiro atoms. The number of alkyl halides is 1. The first-order valence-electron chi connectivity index (χ1n) is 8.27. The number of ether oxygens (including phenoxy) is 2. The van der Waals surface area contributed by atoms with Gasteiger partial charge in [-0.05, 0) is 35.4 Å². The Bertz CT molecular complexity index is 610. The van der Waals surface area contributed by atoms with Gasteiger partial charge in [0.2, 0.25) is 0 Å². The van der Waals surface area contributed by atoms with Crippen LogP contribution in [0.3, 0.4) is 0 Å². The van der Waals surface area contributed by atoms with Gasteiger partial charge in [-0.1, -0.05) is 36.4 Å². The fourth-order valence-corrected chi connectivity index (χ4v) is 2.11. The molecule has 0 aliphatic heterocycles. The van der Waals surface area contributed by atoms with Crippen LogP contribution in [0.2, 0.25) is 0 Å². The first kappa shape index (κ1) is 20.3. The molecule has 0 radical (unpaired) electrons.